The minimum atomic E-state index is -2.06. The molecule has 39 heavy (non-hydrogen) atoms. The number of anilines is 4. The number of aliphatic hydroxyl groups excluding tert-OH is 1. The third-order valence-electron chi connectivity index (χ3n) is 8.17. The number of aromatic nitrogens is 3. The van der Waals surface area contributed by atoms with E-state index in [0.717, 1.165) is 29.2 Å². The lowest BCUT2D eigenvalue weighted by molar-refractivity contribution is -0.00860. The number of nitrogens with zero attached hydrogens (tertiary/aromatic N) is 5. The number of rotatable bonds is 7. The molecule has 2 aliphatic heterocycles. The van der Waals surface area contributed by atoms with Crippen molar-refractivity contribution in [2.24, 2.45) is 5.92 Å². The normalized spacial score (nSPS) is 25.7. The molecule has 4 heterocycles. The van der Waals surface area contributed by atoms with Crippen molar-refractivity contribution in [3.63, 3.8) is 0 Å². The Bertz CT molecular complexity index is 1410. The lowest BCUT2D eigenvalue weighted by atomic mass is 9.88. The Labute approximate surface area is 230 Å². The van der Waals surface area contributed by atoms with Gasteiger partial charge in [0.2, 0.25) is 5.95 Å². The molecule has 2 aliphatic rings. The quantitative estimate of drug-likeness (QED) is 0.363. The Balaban J connectivity index is 1.41. The van der Waals surface area contributed by atoms with E-state index in [1.807, 2.05) is 19.5 Å². The fourth-order valence-electron chi connectivity index (χ4n) is 5.86. The first-order chi connectivity index (χ1) is 18.3. The molecule has 0 amide bonds. The first kappa shape index (κ1) is 27.8. The summed E-state index contributed by atoms with van der Waals surface area (Å²) in [5.74, 6) is 2.43. The van der Waals surface area contributed by atoms with Crippen molar-refractivity contribution in [2.45, 2.75) is 57.8 Å². The predicted octanol–water partition coefficient (Wildman–Crippen LogP) is 5.64. The Morgan fingerprint density at radius 1 is 1.21 bits per heavy atom. The van der Waals surface area contributed by atoms with E-state index in [0.29, 0.717) is 48.4 Å². The highest BCUT2D eigenvalue weighted by molar-refractivity contribution is 7.62. The molecule has 0 radical (unpaired) electrons. The lowest BCUT2D eigenvalue weighted by Crippen LogP contribution is -2.56. The number of alkyl halides is 1. The van der Waals surface area contributed by atoms with Gasteiger partial charge < -0.3 is 24.8 Å². The summed E-state index contributed by atoms with van der Waals surface area (Å²) in [6.07, 6.45) is 3.70. The number of halogens is 1. The van der Waals surface area contributed by atoms with E-state index in [4.69, 9.17) is 4.98 Å². The fraction of sp³-hybridized carbons (Fsp3) is 0.552. The standard InChI is InChI=1S/C29H40FN6O2P/c1-18(2)21-7-8-24(36-15-20(19(36)3)16-39(5,6)38)23-14-32-27(13-22(21)23)33-26-9-11-31-28(34-26)35-12-10-25(37)29(4,30)17-35/h7-9,11,13-14,18-20,25,37H,10,12,15-17H2,1-6H3,(H,31,32,33,34)/t19-,20-,25-,29+/m1/s1. The average Bonchev–Trinajstić information content (AvgIpc) is 2.86. The summed E-state index contributed by atoms with van der Waals surface area (Å²) in [5.41, 5.74) is 0.689. The summed E-state index contributed by atoms with van der Waals surface area (Å²) in [4.78, 5) is 17.9. The van der Waals surface area contributed by atoms with Crippen molar-refractivity contribution in [3.8, 4) is 0 Å². The van der Waals surface area contributed by atoms with Crippen molar-refractivity contribution in [3.05, 3.63) is 42.2 Å². The SMILES string of the molecule is CC(C)c1ccc(N2C[C@H](CP(C)(C)=O)[C@H]2C)c2cnc(Nc3ccnc(N4CC[C@@H](O)[C@@](C)(F)C4)n3)cc12. The van der Waals surface area contributed by atoms with Gasteiger partial charge in [0, 0.05) is 54.7 Å². The van der Waals surface area contributed by atoms with Gasteiger partial charge in [-0.2, -0.15) is 4.98 Å². The first-order valence-corrected chi connectivity index (χ1v) is 16.6. The number of piperidine rings is 1. The van der Waals surface area contributed by atoms with Gasteiger partial charge in [-0.1, -0.05) is 19.9 Å². The molecule has 210 valence electrons. The molecule has 10 heteroatoms. The van der Waals surface area contributed by atoms with Crippen molar-refractivity contribution in [2.75, 3.05) is 54.2 Å². The molecule has 0 bridgehead atoms. The molecule has 0 unspecified atom stereocenters. The maximum atomic E-state index is 14.7. The van der Waals surface area contributed by atoms with E-state index in [-0.39, 0.29) is 6.54 Å². The second-order valence-corrected chi connectivity index (χ2v) is 15.7. The van der Waals surface area contributed by atoms with Crippen LogP contribution in [0.2, 0.25) is 0 Å². The molecule has 0 spiro atoms. The van der Waals surface area contributed by atoms with Crippen molar-refractivity contribution >= 4 is 41.2 Å². The molecular formula is C29H40FN6O2P. The fourth-order valence-corrected chi connectivity index (χ4v) is 7.41. The van der Waals surface area contributed by atoms with Crippen LogP contribution in [-0.2, 0) is 4.57 Å². The Hall–Kier alpha value is -2.77. The second-order valence-electron chi connectivity index (χ2n) is 12.2. The van der Waals surface area contributed by atoms with Crippen LogP contribution in [0.1, 0.15) is 45.6 Å². The van der Waals surface area contributed by atoms with Crippen LogP contribution < -0.4 is 15.1 Å². The molecule has 8 nitrogen and oxygen atoms in total. The van der Waals surface area contributed by atoms with E-state index in [2.05, 4.69) is 59.2 Å². The monoisotopic (exact) mass is 554 g/mol. The van der Waals surface area contributed by atoms with Gasteiger partial charge in [-0.05, 0) is 68.7 Å². The Morgan fingerprint density at radius 3 is 2.64 bits per heavy atom. The van der Waals surface area contributed by atoms with E-state index in [1.165, 1.54) is 12.5 Å². The molecule has 2 fully saturated rings. The summed E-state index contributed by atoms with van der Waals surface area (Å²) in [6.45, 7) is 13.2. The van der Waals surface area contributed by atoms with Gasteiger partial charge in [-0.3, -0.25) is 0 Å². The van der Waals surface area contributed by atoms with Gasteiger partial charge in [0.15, 0.2) is 5.67 Å². The van der Waals surface area contributed by atoms with E-state index < -0.39 is 18.9 Å². The molecular weight excluding hydrogens is 514 g/mol. The van der Waals surface area contributed by atoms with Gasteiger partial charge in [-0.15, -0.1) is 0 Å². The first-order valence-electron chi connectivity index (χ1n) is 13.8. The van der Waals surface area contributed by atoms with Crippen molar-refractivity contribution in [1.29, 1.82) is 0 Å². The summed E-state index contributed by atoms with van der Waals surface area (Å²) in [6, 6.07) is 8.57. The summed E-state index contributed by atoms with van der Waals surface area (Å²) in [5, 5.41) is 15.5. The number of hydrogen-bond donors (Lipinski definition) is 2. The largest absolute Gasteiger partial charge is 0.390 e. The zero-order valence-corrected chi connectivity index (χ0v) is 24.6. The van der Waals surface area contributed by atoms with Crippen LogP contribution in [0.25, 0.3) is 10.8 Å². The van der Waals surface area contributed by atoms with E-state index in [9.17, 15) is 14.1 Å². The lowest BCUT2D eigenvalue weighted by Gasteiger charge is -2.49. The van der Waals surface area contributed by atoms with Crippen LogP contribution in [0.5, 0.6) is 0 Å². The van der Waals surface area contributed by atoms with Crippen LogP contribution in [0.15, 0.2) is 36.7 Å². The maximum Gasteiger partial charge on any atom is 0.227 e. The van der Waals surface area contributed by atoms with E-state index >= 15 is 0 Å². The summed E-state index contributed by atoms with van der Waals surface area (Å²) >= 11 is 0. The smallest absolute Gasteiger partial charge is 0.227 e. The highest BCUT2D eigenvalue weighted by Crippen LogP contribution is 2.45. The van der Waals surface area contributed by atoms with Crippen LogP contribution in [0, 0.1) is 5.92 Å². The average molecular weight is 555 g/mol. The highest BCUT2D eigenvalue weighted by atomic mass is 31.2. The molecule has 3 aromatic rings. The van der Waals surface area contributed by atoms with E-state index in [1.54, 1.807) is 17.2 Å². The Kier molecular flexibility index (Phi) is 7.36. The molecule has 2 saturated heterocycles. The number of aliphatic hydroxyl groups is 1. The molecule has 0 saturated carbocycles. The van der Waals surface area contributed by atoms with Crippen LogP contribution in [-0.4, -0.2) is 77.0 Å². The molecule has 2 aromatic heterocycles. The third kappa shape index (κ3) is 5.75. The molecule has 5 rings (SSSR count). The molecule has 2 N–H and O–H groups in total. The Morgan fingerprint density at radius 2 is 1.97 bits per heavy atom. The van der Waals surface area contributed by atoms with Crippen LogP contribution in [0.4, 0.5) is 27.7 Å². The highest BCUT2D eigenvalue weighted by Gasteiger charge is 2.40. The van der Waals surface area contributed by atoms with Gasteiger partial charge in [0.05, 0.1) is 19.8 Å². The van der Waals surface area contributed by atoms with Crippen LogP contribution in [0.3, 0.4) is 0 Å². The van der Waals surface area contributed by atoms with Gasteiger partial charge in [-0.25, -0.2) is 14.4 Å². The van der Waals surface area contributed by atoms with Crippen molar-refractivity contribution in [1.82, 2.24) is 15.0 Å². The minimum absolute atomic E-state index is 0.0379. The zero-order valence-electron chi connectivity index (χ0n) is 23.7. The van der Waals surface area contributed by atoms with Gasteiger partial charge in [0.1, 0.15) is 11.6 Å². The number of fused-ring (bicyclic) bond motifs is 1. The molecule has 0 aliphatic carbocycles. The van der Waals surface area contributed by atoms with Gasteiger partial charge >= 0.3 is 0 Å². The number of pyridine rings is 1. The zero-order chi connectivity index (χ0) is 28.1. The predicted molar refractivity (Wildman–Crippen MR) is 158 cm³/mol. The minimum Gasteiger partial charge on any atom is -0.390 e. The summed E-state index contributed by atoms with van der Waals surface area (Å²) < 4.78 is 27.2. The van der Waals surface area contributed by atoms with Crippen molar-refractivity contribution < 1.29 is 14.1 Å². The third-order valence-corrected chi connectivity index (χ3v) is 9.52. The molecule has 1 aromatic carbocycles. The number of benzene rings is 1. The number of nitrogens with one attached hydrogen (secondary N) is 1. The topological polar surface area (TPSA) is 94.5 Å². The second kappa shape index (κ2) is 10.3. The van der Waals surface area contributed by atoms with Gasteiger partial charge in [0.25, 0.3) is 0 Å². The van der Waals surface area contributed by atoms with Crippen LogP contribution >= 0.6 is 7.14 Å². The molecule has 4 atom stereocenters. The number of hydrogen-bond acceptors (Lipinski definition) is 8. The maximum absolute atomic E-state index is 14.7. The summed E-state index contributed by atoms with van der Waals surface area (Å²) in [7, 11) is -2.06.